The van der Waals surface area contributed by atoms with Crippen molar-refractivity contribution in [3.63, 3.8) is 0 Å². The van der Waals surface area contributed by atoms with Gasteiger partial charge in [-0.2, -0.15) is 0 Å². The van der Waals surface area contributed by atoms with Crippen LogP contribution in [0.4, 0.5) is 0 Å². The molecule has 1 nitrogen and oxygen atoms in total. The molecule has 0 fully saturated rings. The van der Waals surface area contributed by atoms with Crippen LogP contribution in [0.2, 0.25) is 0 Å². The van der Waals surface area contributed by atoms with Gasteiger partial charge in [0.05, 0.1) is 6.61 Å². The van der Waals surface area contributed by atoms with Crippen LogP contribution in [-0.2, 0) is 11.3 Å². The Morgan fingerprint density at radius 2 is 1.25 bits per heavy atom. The summed E-state index contributed by atoms with van der Waals surface area (Å²) in [5.41, 5.74) is 1.27. The fraction of sp³-hybridized carbons (Fsp3) is 0.632. The molecular formula is C19H31O. The molecule has 0 atom stereocenters. The number of hydrogen-bond acceptors (Lipinski definition) is 1. The lowest BCUT2D eigenvalue weighted by Gasteiger charge is -2.04. The molecule has 0 saturated heterocycles. The van der Waals surface area contributed by atoms with E-state index in [0.29, 0.717) is 0 Å². The molecule has 0 unspecified atom stereocenters. The highest BCUT2D eigenvalue weighted by Gasteiger charge is 1.94. The van der Waals surface area contributed by atoms with E-state index in [0.717, 1.165) is 19.6 Å². The molecule has 113 valence electrons. The molecule has 0 bridgehead atoms. The van der Waals surface area contributed by atoms with Gasteiger partial charge in [0.1, 0.15) is 0 Å². The van der Waals surface area contributed by atoms with Crippen molar-refractivity contribution >= 4 is 0 Å². The Labute approximate surface area is 125 Å². The molecule has 1 radical (unpaired) electrons. The summed E-state index contributed by atoms with van der Waals surface area (Å²) in [6, 6.07) is 10.4. The van der Waals surface area contributed by atoms with Gasteiger partial charge in [-0.1, -0.05) is 95.0 Å². The highest BCUT2D eigenvalue weighted by molar-refractivity contribution is 5.13. The molecule has 1 aromatic rings. The second kappa shape index (κ2) is 13.2. The summed E-state index contributed by atoms with van der Waals surface area (Å²) in [6.45, 7) is 5.53. The standard InChI is InChI=1S/C19H31O/c1-2-3-4-5-6-7-8-9-10-14-17-20-18-19-15-12-11-13-16-19/h11-13,15-16H,1-10,14,17-18H2. The lowest BCUT2D eigenvalue weighted by molar-refractivity contribution is 0.116. The Morgan fingerprint density at radius 1 is 0.700 bits per heavy atom. The van der Waals surface area contributed by atoms with Crippen molar-refractivity contribution in [3.05, 3.63) is 42.8 Å². The molecule has 1 rings (SSSR count). The van der Waals surface area contributed by atoms with E-state index in [9.17, 15) is 0 Å². The zero-order valence-electron chi connectivity index (χ0n) is 13.0. The SMILES string of the molecule is [CH2]CCCCCCCCCCCOCc1ccccc1. The predicted octanol–water partition coefficient (Wildman–Crippen LogP) is 5.94. The minimum Gasteiger partial charge on any atom is -0.377 e. The van der Waals surface area contributed by atoms with Gasteiger partial charge in [-0.3, -0.25) is 0 Å². The van der Waals surface area contributed by atoms with E-state index in [1.165, 1.54) is 63.4 Å². The van der Waals surface area contributed by atoms with Crippen LogP contribution >= 0.6 is 0 Å². The van der Waals surface area contributed by atoms with Gasteiger partial charge < -0.3 is 4.74 Å². The van der Waals surface area contributed by atoms with Crippen molar-refractivity contribution in [3.8, 4) is 0 Å². The molecule has 0 amide bonds. The first-order chi connectivity index (χ1) is 9.93. The van der Waals surface area contributed by atoms with Gasteiger partial charge in [-0.15, -0.1) is 0 Å². The Kier molecular flexibility index (Phi) is 11.4. The van der Waals surface area contributed by atoms with Crippen LogP contribution in [0.5, 0.6) is 0 Å². The first-order valence-corrected chi connectivity index (χ1v) is 8.34. The minimum absolute atomic E-state index is 0.757. The Balaban J connectivity index is 1.77. The van der Waals surface area contributed by atoms with Crippen LogP contribution in [0.25, 0.3) is 0 Å². The number of benzene rings is 1. The summed E-state index contributed by atoms with van der Waals surface area (Å²) >= 11 is 0. The average molecular weight is 275 g/mol. The average Bonchev–Trinajstić information content (AvgIpc) is 2.49. The van der Waals surface area contributed by atoms with Crippen molar-refractivity contribution in [1.82, 2.24) is 0 Å². The van der Waals surface area contributed by atoms with Gasteiger partial charge >= 0.3 is 0 Å². The highest BCUT2D eigenvalue weighted by atomic mass is 16.5. The van der Waals surface area contributed by atoms with E-state index in [1.807, 2.05) is 6.07 Å². The quantitative estimate of drug-likeness (QED) is 0.405. The molecule has 0 aromatic heterocycles. The zero-order valence-corrected chi connectivity index (χ0v) is 13.0. The van der Waals surface area contributed by atoms with E-state index in [2.05, 4.69) is 31.2 Å². The van der Waals surface area contributed by atoms with E-state index >= 15 is 0 Å². The van der Waals surface area contributed by atoms with Gasteiger partial charge in [-0.25, -0.2) is 0 Å². The predicted molar refractivity (Wildman–Crippen MR) is 87.6 cm³/mol. The smallest absolute Gasteiger partial charge is 0.0716 e. The summed E-state index contributed by atoms with van der Waals surface area (Å²) in [5, 5.41) is 0. The molecule has 0 N–H and O–H groups in total. The van der Waals surface area contributed by atoms with Crippen LogP contribution in [0, 0.1) is 6.92 Å². The molecule has 0 aliphatic carbocycles. The molecule has 1 aromatic carbocycles. The van der Waals surface area contributed by atoms with Crippen LogP contribution in [0.3, 0.4) is 0 Å². The molecule has 0 aliphatic rings. The summed E-state index contributed by atoms with van der Waals surface area (Å²) in [6.07, 6.45) is 13.3. The fourth-order valence-corrected chi connectivity index (χ4v) is 2.38. The highest BCUT2D eigenvalue weighted by Crippen LogP contribution is 2.10. The van der Waals surface area contributed by atoms with Crippen molar-refractivity contribution in [2.24, 2.45) is 0 Å². The maximum absolute atomic E-state index is 5.69. The third kappa shape index (κ3) is 10.0. The van der Waals surface area contributed by atoms with Gasteiger partial charge in [0.15, 0.2) is 0 Å². The maximum Gasteiger partial charge on any atom is 0.0716 e. The number of unbranched alkanes of at least 4 members (excludes halogenated alkanes) is 9. The Morgan fingerprint density at radius 3 is 1.85 bits per heavy atom. The third-order valence-electron chi connectivity index (χ3n) is 3.65. The third-order valence-corrected chi connectivity index (χ3v) is 3.65. The van der Waals surface area contributed by atoms with Crippen LogP contribution < -0.4 is 0 Å². The fourth-order valence-electron chi connectivity index (χ4n) is 2.38. The molecule has 0 heterocycles. The molecule has 0 spiro atoms. The van der Waals surface area contributed by atoms with Crippen molar-refractivity contribution in [1.29, 1.82) is 0 Å². The summed E-state index contributed by atoms with van der Waals surface area (Å²) in [4.78, 5) is 0. The summed E-state index contributed by atoms with van der Waals surface area (Å²) < 4.78 is 5.69. The number of ether oxygens (including phenoxy) is 1. The van der Waals surface area contributed by atoms with Gasteiger partial charge in [0.25, 0.3) is 0 Å². The zero-order chi connectivity index (χ0) is 14.3. The van der Waals surface area contributed by atoms with E-state index in [1.54, 1.807) is 0 Å². The number of hydrogen-bond donors (Lipinski definition) is 0. The first-order valence-electron chi connectivity index (χ1n) is 8.34. The lowest BCUT2D eigenvalue weighted by atomic mass is 10.1. The monoisotopic (exact) mass is 275 g/mol. The topological polar surface area (TPSA) is 9.23 Å². The van der Waals surface area contributed by atoms with Gasteiger partial charge in [0.2, 0.25) is 0 Å². The molecule has 1 heteroatoms. The van der Waals surface area contributed by atoms with E-state index in [-0.39, 0.29) is 0 Å². The van der Waals surface area contributed by atoms with E-state index < -0.39 is 0 Å². The van der Waals surface area contributed by atoms with Crippen LogP contribution in [0.1, 0.15) is 69.8 Å². The normalized spacial score (nSPS) is 10.8. The Hall–Kier alpha value is -0.820. The van der Waals surface area contributed by atoms with Crippen LogP contribution in [0.15, 0.2) is 30.3 Å². The maximum atomic E-state index is 5.69. The minimum atomic E-state index is 0.757. The molecule has 0 saturated carbocycles. The molecule has 0 aliphatic heterocycles. The van der Waals surface area contributed by atoms with Gasteiger partial charge in [-0.05, 0) is 12.0 Å². The first kappa shape index (κ1) is 17.2. The van der Waals surface area contributed by atoms with Crippen LogP contribution in [-0.4, -0.2) is 6.61 Å². The molecular weight excluding hydrogens is 244 g/mol. The molecule has 20 heavy (non-hydrogen) atoms. The van der Waals surface area contributed by atoms with Crippen molar-refractivity contribution in [2.45, 2.75) is 70.8 Å². The second-order valence-electron chi connectivity index (χ2n) is 5.57. The number of rotatable bonds is 13. The summed E-state index contributed by atoms with van der Waals surface area (Å²) in [5.74, 6) is 0. The second-order valence-corrected chi connectivity index (χ2v) is 5.57. The van der Waals surface area contributed by atoms with Crippen molar-refractivity contribution < 1.29 is 4.74 Å². The largest absolute Gasteiger partial charge is 0.377 e. The Bertz CT molecular complexity index is 294. The lowest BCUT2D eigenvalue weighted by Crippen LogP contribution is -1.95. The van der Waals surface area contributed by atoms with E-state index in [4.69, 9.17) is 4.74 Å². The van der Waals surface area contributed by atoms with Crippen molar-refractivity contribution in [2.75, 3.05) is 6.61 Å². The summed E-state index contributed by atoms with van der Waals surface area (Å²) in [7, 11) is 0. The van der Waals surface area contributed by atoms with Gasteiger partial charge in [0, 0.05) is 6.61 Å².